The summed E-state index contributed by atoms with van der Waals surface area (Å²) in [5.74, 6) is 0.588. The molecule has 5 rings (SSSR count). The second-order valence-corrected chi connectivity index (χ2v) is 9.51. The smallest absolute Gasteiger partial charge is 0.268 e. The fraction of sp³-hybridized carbons (Fsp3) is 0.310. The lowest BCUT2D eigenvalue weighted by Gasteiger charge is -2.44. The van der Waals surface area contributed by atoms with Crippen LogP contribution in [0.4, 0.5) is 0 Å². The van der Waals surface area contributed by atoms with E-state index in [4.69, 9.17) is 9.15 Å². The number of amides is 2. The van der Waals surface area contributed by atoms with E-state index in [1.165, 1.54) is 12.7 Å². The zero-order valence-corrected chi connectivity index (χ0v) is 19.9. The van der Waals surface area contributed by atoms with Crippen molar-refractivity contribution < 1.29 is 18.7 Å². The number of carbonyl (C=O) groups excluding carboxylic acids is 2. The summed E-state index contributed by atoms with van der Waals surface area (Å²) in [5, 5.41) is 5.98. The molecular weight excluding hydrogens is 440 g/mol. The summed E-state index contributed by atoms with van der Waals surface area (Å²) >= 11 is 0. The number of hydrogen-bond donors (Lipinski definition) is 2. The fourth-order valence-corrected chi connectivity index (χ4v) is 5.06. The van der Waals surface area contributed by atoms with Gasteiger partial charge in [0.1, 0.15) is 22.8 Å². The second-order valence-electron chi connectivity index (χ2n) is 9.51. The number of para-hydroxylation sites is 1. The summed E-state index contributed by atoms with van der Waals surface area (Å²) in [5.41, 5.74) is 2.36. The highest BCUT2D eigenvalue weighted by Gasteiger charge is 2.42. The lowest BCUT2D eigenvalue weighted by Crippen LogP contribution is -2.47. The van der Waals surface area contributed by atoms with Crippen LogP contribution in [0.2, 0.25) is 0 Å². The molecule has 0 bridgehead atoms. The Kier molecular flexibility index (Phi) is 6.45. The van der Waals surface area contributed by atoms with E-state index >= 15 is 0 Å². The summed E-state index contributed by atoms with van der Waals surface area (Å²) in [6.45, 7) is 1.96. The van der Waals surface area contributed by atoms with Crippen molar-refractivity contribution in [3.63, 3.8) is 0 Å². The number of fused-ring (bicyclic) bond motifs is 1. The van der Waals surface area contributed by atoms with Gasteiger partial charge >= 0.3 is 0 Å². The van der Waals surface area contributed by atoms with Crippen molar-refractivity contribution in [2.75, 3.05) is 0 Å². The SMILES string of the molecule is Cc1ccc(C(=O)N/C(=C\c2ccco2)C(=O)NC2CC3(CCCCC3)Oc3ccccc32)cc1. The molecule has 2 aromatic carbocycles. The summed E-state index contributed by atoms with van der Waals surface area (Å²) in [6.07, 6.45) is 9.21. The normalized spacial score (nSPS) is 18.9. The predicted molar refractivity (Wildman–Crippen MR) is 134 cm³/mol. The maximum atomic E-state index is 13.6. The Hall–Kier alpha value is -3.80. The number of furan rings is 1. The van der Waals surface area contributed by atoms with Crippen LogP contribution < -0.4 is 15.4 Å². The molecule has 1 atom stereocenters. The molecule has 2 heterocycles. The van der Waals surface area contributed by atoms with Gasteiger partial charge < -0.3 is 19.8 Å². The van der Waals surface area contributed by atoms with Gasteiger partial charge in [0.2, 0.25) is 0 Å². The minimum Gasteiger partial charge on any atom is -0.487 e. The van der Waals surface area contributed by atoms with Crippen LogP contribution in [0.25, 0.3) is 6.08 Å². The standard InChI is InChI=1S/C29H30N2O4/c1-20-11-13-21(14-12-20)27(32)30-24(18-22-8-7-17-34-22)28(33)31-25-19-29(15-5-2-6-16-29)35-26-10-4-3-9-23(25)26/h3-4,7-14,17-18,25H,2,5-6,15-16,19H2,1H3,(H,30,32)(H,31,33)/b24-18-. The number of nitrogens with one attached hydrogen (secondary N) is 2. The Balaban J connectivity index is 1.41. The van der Waals surface area contributed by atoms with Gasteiger partial charge in [-0.25, -0.2) is 0 Å². The van der Waals surface area contributed by atoms with Gasteiger partial charge in [-0.2, -0.15) is 0 Å². The Labute approximate surface area is 205 Å². The van der Waals surface area contributed by atoms with Crippen molar-refractivity contribution in [2.45, 2.75) is 57.1 Å². The van der Waals surface area contributed by atoms with E-state index in [-0.39, 0.29) is 29.2 Å². The predicted octanol–water partition coefficient (Wildman–Crippen LogP) is 5.70. The molecule has 3 aromatic rings. The Morgan fingerprint density at radius 1 is 0.971 bits per heavy atom. The third-order valence-corrected chi connectivity index (χ3v) is 6.90. The first-order valence-corrected chi connectivity index (χ1v) is 12.2. The second kappa shape index (κ2) is 9.82. The molecule has 1 aromatic heterocycles. The minimum atomic E-state index is -0.366. The molecule has 180 valence electrons. The van der Waals surface area contributed by atoms with Gasteiger partial charge in [-0.05, 0) is 62.9 Å². The quantitative estimate of drug-likeness (QED) is 0.469. The molecule has 2 aliphatic rings. The van der Waals surface area contributed by atoms with Crippen molar-refractivity contribution in [3.8, 4) is 5.75 Å². The number of hydrogen-bond acceptors (Lipinski definition) is 4. The van der Waals surface area contributed by atoms with Crippen molar-refractivity contribution in [2.24, 2.45) is 0 Å². The number of benzene rings is 2. The zero-order chi connectivity index (χ0) is 24.3. The number of rotatable bonds is 5. The van der Waals surface area contributed by atoms with Crippen LogP contribution in [0.3, 0.4) is 0 Å². The van der Waals surface area contributed by atoms with E-state index in [9.17, 15) is 9.59 Å². The lowest BCUT2D eigenvalue weighted by atomic mass is 9.77. The maximum Gasteiger partial charge on any atom is 0.268 e. The summed E-state index contributed by atoms with van der Waals surface area (Å²) in [6, 6.07) is 18.4. The molecule has 1 aliphatic heterocycles. The molecule has 2 amide bonds. The molecule has 6 nitrogen and oxygen atoms in total. The number of ether oxygens (including phenoxy) is 1. The van der Waals surface area contributed by atoms with Crippen LogP contribution in [0.1, 0.15) is 71.8 Å². The lowest BCUT2D eigenvalue weighted by molar-refractivity contribution is -0.119. The number of carbonyl (C=O) groups is 2. The van der Waals surface area contributed by atoms with Crippen LogP contribution in [0.5, 0.6) is 5.75 Å². The van der Waals surface area contributed by atoms with Gasteiger partial charge in [0.25, 0.3) is 11.8 Å². The summed E-state index contributed by atoms with van der Waals surface area (Å²) in [4.78, 5) is 26.5. The molecule has 1 aliphatic carbocycles. The van der Waals surface area contributed by atoms with Gasteiger partial charge in [-0.15, -0.1) is 0 Å². The third kappa shape index (κ3) is 5.16. The topological polar surface area (TPSA) is 80.6 Å². The van der Waals surface area contributed by atoms with Crippen LogP contribution >= 0.6 is 0 Å². The highest BCUT2D eigenvalue weighted by molar-refractivity contribution is 6.05. The van der Waals surface area contributed by atoms with Crippen LogP contribution in [0, 0.1) is 6.92 Å². The molecule has 0 saturated heterocycles. The molecule has 0 radical (unpaired) electrons. The summed E-state index contributed by atoms with van der Waals surface area (Å²) in [7, 11) is 0. The first kappa shape index (κ1) is 23.0. The number of aryl methyl sites for hydroxylation is 1. The molecule has 1 spiro atoms. The molecule has 1 fully saturated rings. The van der Waals surface area contributed by atoms with Gasteiger partial charge in [-0.3, -0.25) is 9.59 Å². The molecule has 2 N–H and O–H groups in total. The van der Waals surface area contributed by atoms with Gasteiger partial charge in [0.05, 0.1) is 12.3 Å². The monoisotopic (exact) mass is 470 g/mol. The van der Waals surface area contributed by atoms with Crippen LogP contribution in [-0.4, -0.2) is 17.4 Å². The van der Waals surface area contributed by atoms with Crippen molar-refractivity contribution in [1.82, 2.24) is 10.6 Å². The van der Waals surface area contributed by atoms with Crippen LogP contribution in [-0.2, 0) is 4.79 Å². The molecule has 35 heavy (non-hydrogen) atoms. The minimum absolute atomic E-state index is 0.132. The van der Waals surface area contributed by atoms with E-state index in [1.54, 1.807) is 30.3 Å². The van der Waals surface area contributed by atoms with E-state index < -0.39 is 0 Å². The van der Waals surface area contributed by atoms with E-state index in [0.717, 1.165) is 42.6 Å². The van der Waals surface area contributed by atoms with Crippen molar-refractivity contribution >= 4 is 17.9 Å². The Morgan fingerprint density at radius 3 is 2.49 bits per heavy atom. The largest absolute Gasteiger partial charge is 0.487 e. The molecule has 1 saturated carbocycles. The molecule has 6 heteroatoms. The Morgan fingerprint density at radius 2 is 1.74 bits per heavy atom. The highest BCUT2D eigenvalue weighted by atomic mass is 16.5. The maximum absolute atomic E-state index is 13.6. The van der Waals surface area contributed by atoms with Gasteiger partial charge in [-0.1, -0.05) is 42.3 Å². The molecular formula is C29H30N2O4. The zero-order valence-electron chi connectivity index (χ0n) is 19.9. The average molecular weight is 471 g/mol. The summed E-state index contributed by atoms with van der Waals surface area (Å²) < 4.78 is 11.9. The van der Waals surface area contributed by atoms with E-state index in [1.807, 2.05) is 43.3 Å². The van der Waals surface area contributed by atoms with E-state index in [2.05, 4.69) is 10.6 Å². The van der Waals surface area contributed by atoms with E-state index in [0.29, 0.717) is 17.7 Å². The van der Waals surface area contributed by atoms with Gasteiger partial charge in [0.15, 0.2) is 0 Å². The first-order valence-electron chi connectivity index (χ1n) is 12.2. The highest BCUT2D eigenvalue weighted by Crippen LogP contribution is 2.46. The van der Waals surface area contributed by atoms with Gasteiger partial charge in [0, 0.05) is 23.6 Å². The first-order chi connectivity index (χ1) is 17.0. The molecule has 1 unspecified atom stereocenters. The third-order valence-electron chi connectivity index (χ3n) is 6.90. The van der Waals surface area contributed by atoms with Crippen LogP contribution in [0.15, 0.2) is 77.0 Å². The van der Waals surface area contributed by atoms with Crippen molar-refractivity contribution in [1.29, 1.82) is 0 Å². The van der Waals surface area contributed by atoms with Crippen molar-refractivity contribution in [3.05, 3.63) is 95.1 Å². The fourth-order valence-electron chi connectivity index (χ4n) is 5.06. The average Bonchev–Trinajstić information content (AvgIpc) is 3.37. The Bertz CT molecular complexity index is 1220.